The van der Waals surface area contributed by atoms with Gasteiger partial charge in [0.25, 0.3) is 7.72 Å². The normalized spacial score (nSPS) is 11.0. The van der Waals surface area contributed by atoms with E-state index in [1.807, 2.05) is 0 Å². The zero-order valence-corrected chi connectivity index (χ0v) is 7.83. The van der Waals surface area contributed by atoms with Crippen molar-refractivity contribution in [3.05, 3.63) is 0 Å². The molecule has 0 heterocycles. The molecule has 0 aromatic heterocycles. The van der Waals surface area contributed by atoms with Crippen LogP contribution in [0.1, 0.15) is 0 Å². The Morgan fingerprint density at radius 3 is 2.31 bits per heavy atom. The molecule has 7 heteroatoms. The van der Waals surface area contributed by atoms with Gasteiger partial charge in [0.15, 0.2) is 18.1 Å². The molecule has 0 aliphatic rings. The van der Waals surface area contributed by atoms with Crippen molar-refractivity contribution in [3.8, 4) is 0 Å². The second-order valence-electron chi connectivity index (χ2n) is 2.55. The van der Waals surface area contributed by atoms with Crippen LogP contribution >= 0.6 is 7.72 Å². The summed E-state index contributed by atoms with van der Waals surface area (Å²) in [6.07, 6.45) is -0.542. The molecule has 5 N–H and O–H groups in total. The van der Waals surface area contributed by atoms with Gasteiger partial charge in [0.1, 0.15) is 0 Å². The molecule has 0 atom stereocenters. The summed E-state index contributed by atoms with van der Waals surface area (Å²) in [6, 6.07) is 0. The number of nitrogens with one attached hydrogen (secondary N) is 1. The van der Waals surface area contributed by atoms with Crippen molar-refractivity contribution in [2.75, 3.05) is 18.9 Å². The number of rotatable bonds is 6. The Bertz CT molecular complexity index is 229. The lowest BCUT2D eigenvalue weighted by molar-refractivity contribution is -0.115. The maximum absolute atomic E-state index is 10.7. The monoisotopic (exact) mass is 207 g/mol. The summed E-state index contributed by atoms with van der Waals surface area (Å²) >= 11 is 0. The molecule has 0 rings (SSSR count). The van der Waals surface area contributed by atoms with E-state index in [9.17, 15) is 19.4 Å². The SMILES string of the molecule is N=CC(=O)C[P+](O)(O)CC(=O)CN. The second-order valence-corrected chi connectivity index (χ2v) is 4.94. The third-order valence-electron chi connectivity index (χ3n) is 1.23. The van der Waals surface area contributed by atoms with Crippen LogP contribution in [0.4, 0.5) is 0 Å². The average Bonchev–Trinajstić information content (AvgIpc) is 2.02. The van der Waals surface area contributed by atoms with E-state index in [2.05, 4.69) is 0 Å². The van der Waals surface area contributed by atoms with Gasteiger partial charge in [-0.25, -0.2) is 9.79 Å². The molecule has 0 unspecified atom stereocenters. The first-order valence-corrected chi connectivity index (χ1v) is 5.55. The van der Waals surface area contributed by atoms with Gasteiger partial charge in [-0.1, -0.05) is 0 Å². The summed E-state index contributed by atoms with van der Waals surface area (Å²) in [5.41, 5.74) is 4.96. The summed E-state index contributed by atoms with van der Waals surface area (Å²) < 4.78 is 0. The lowest BCUT2D eigenvalue weighted by Gasteiger charge is -2.08. The molecule has 0 saturated carbocycles. The van der Waals surface area contributed by atoms with Gasteiger partial charge < -0.3 is 11.1 Å². The zero-order chi connectivity index (χ0) is 10.5. The molecule has 0 aromatic rings. The third kappa shape index (κ3) is 5.54. The van der Waals surface area contributed by atoms with Gasteiger partial charge in [0, 0.05) is 0 Å². The molecule has 0 saturated heterocycles. The van der Waals surface area contributed by atoms with E-state index in [0.29, 0.717) is 6.21 Å². The van der Waals surface area contributed by atoms with Crippen LogP contribution in [0, 0.1) is 5.41 Å². The first-order chi connectivity index (χ1) is 5.91. The summed E-state index contributed by atoms with van der Waals surface area (Å²) in [5.74, 6) is -1.21. The number of hydrogen-bond donors (Lipinski definition) is 4. The molecule has 0 spiro atoms. The van der Waals surface area contributed by atoms with Gasteiger partial charge in [-0.3, -0.25) is 9.59 Å². The van der Waals surface area contributed by atoms with Crippen molar-refractivity contribution in [2.24, 2.45) is 5.73 Å². The minimum Gasteiger partial charge on any atom is -0.324 e. The lowest BCUT2D eigenvalue weighted by Crippen LogP contribution is -2.22. The Labute approximate surface area is 75.8 Å². The van der Waals surface area contributed by atoms with Crippen molar-refractivity contribution in [3.63, 3.8) is 0 Å². The minimum absolute atomic E-state index is 0.276. The van der Waals surface area contributed by atoms with Crippen molar-refractivity contribution in [1.82, 2.24) is 0 Å². The number of carbonyl (C=O) groups excluding carboxylic acids is 2. The van der Waals surface area contributed by atoms with E-state index in [4.69, 9.17) is 11.1 Å². The number of nitrogens with two attached hydrogens (primary N) is 1. The Hall–Kier alpha value is -0.680. The van der Waals surface area contributed by atoms with E-state index < -0.39 is 31.6 Å². The van der Waals surface area contributed by atoms with E-state index in [0.717, 1.165) is 0 Å². The maximum Gasteiger partial charge on any atom is 0.282 e. The molecule has 0 bridgehead atoms. The summed E-state index contributed by atoms with van der Waals surface area (Å²) in [7, 11) is -3.52. The van der Waals surface area contributed by atoms with Crippen LogP contribution in [0.3, 0.4) is 0 Å². The van der Waals surface area contributed by atoms with Crippen molar-refractivity contribution >= 4 is 25.5 Å². The largest absolute Gasteiger partial charge is 0.324 e. The first-order valence-electron chi connectivity index (χ1n) is 3.49. The summed E-state index contributed by atoms with van der Waals surface area (Å²) in [5, 5.41) is 6.53. The summed E-state index contributed by atoms with van der Waals surface area (Å²) in [4.78, 5) is 39.7. The smallest absolute Gasteiger partial charge is 0.282 e. The second kappa shape index (κ2) is 5.14. The van der Waals surface area contributed by atoms with E-state index in [1.54, 1.807) is 0 Å². The Morgan fingerprint density at radius 1 is 1.38 bits per heavy atom. The fraction of sp³-hybridized carbons (Fsp3) is 0.500. The topological polar surface area (TPSA) is 124 Å². The highest BCUT2D eigenvalue weighted by Crippen LogP contribution is 2.49. The molecule has 0 radical (unpaired) electrons. The highest BCUT2D eigenvalue weighted by Gasteiger charge is 2.37. The number of hydrogen-bond acceptors (Lipinski definition) is 6. The molecule has 0 aromatic carbocycles. The van der Waals surface area contributed by atoms with Gasteiger partial charge in [-0.2, -0.15) is 0 Å². The predicted octanol–water partition coefficient (Wildman–Crippen LogP) is -1.43. The molecule has 13 heavy (non-hydrogen) atoms. The number of carbonyl (C=O) groups is 2. The van der Waals surface area contributed by atoms with Crippen LogP contribution < -0.4 is 5.73 Å². The van der Waals surface area contributed by atoms with Crippen LogP contribution in [0.5, 0.6) is 0 Å². The third-order valence-corrected chi connectivity index (χ3v) is 2.90. The molecule has 0 aliphatic carbocycles. The first kappa shape index (κ1) is 12.3. The van der Waals surface area contributed by atoms with Crippen LogP contribution in [-0.2, 0) is 9.59 Å². The number of Topliss-reactive ketones (excluding diaryl/α,β-unsaturated/α-hetero) is 2. The highest BCUT2D eigenvalue weighted by molar-refractivity contribution is 7.66. The van der Waals surface area contributed by atoms with E-state index in [-0.39, 0.29) is 6.54 Å². The van der Waals surface area contributed by atoms with Gasteiger partial charge in [-0.15, -0.1) is 0 Å². The molecular weight excluding hydrogens is 195 g/mol. The van der Waals surface area contributed by atoms with Crippen LogP contribution in [-0.4, -0.2) is 46.4 Å². The van der Waals surface area contributed by atoms with Crippen molar-refractivity contribution in [1.29, 1.82) is 5.41 Å². The average molecular weight is 207 g/mol. The van der Waals surface area contributed by atoms with E-state index >= 15 is 0 Å². The number of ketones is 2. The maximum atomic E-state index is 10.7. The van der Waals surface area contributed by atoms with Crippen molar-refractivity contribution in [2.45, 2.75) is 0 Å². The highest BCUT2D eigenvalue weighted by atomic mass is 31.2. The van der Waals surface area contributed by atoms with Gasteiger partial charge >= 0.3 is 0 Å². The minimum atomic E-state index is -3.52. The van der Waals surface area contributed by atoms with E-state index in [1.165, 1.54) is 0 Å². The van der Waals surface area contributed by atoms with Crippen LogP contribution in [0.15, 0.2) is 0 Å². The Kier molecular flexibility index (Phi) is 4.87. The fourth-order valence-electron chi connectivity index (χ4n) is 0.698. The van der Waals surface area contributed by atoms with Crippen LogP contribution in [0.2, 0.25) is 0 Å². The Morgan fingerprint density at radius 2 is 1.92 bits per heavy atom. The van der Waals surface area contributed by atoms with Crippen LogP contribution in [0.25, 0.3) is 0 Å². The standard InChI is InChI=1S/C6H12N2O4P/c7-1-5(9)3-13(11,12)4-6(10)2-8/h1,7,11-12H,2-4,8H2/q+1. The van der Waals surface area contributed by atoms with Gasteiger partial charge in [0.2, 0.25) is 5.78 Å². The molecule has 6 nitrogen and oxygen atoms in total. The summed E-state index contributed by atoms with van der Waals surface area (Å²) in [6.45, 7) is -0.276. The van der Waals surface area contributed by atoms with Gasteiger partial charge in [-0.05, 0) is 0 Å². The molecule has 74 valence electrons. The predicted molar refractivity (Wildman–Crippen MR) is 48.9 cm³/mol. The quantitative estimate of drug-likeness (QED) is 0.314. The van der Waals surface area contributed by atoms with Gasteiger partial charge in [0.05, 0.1) is 12.8 Å². The molecule has 0 fully saturated rings. The zero-order valence-electron chi connectivity index (χ0n) is 6.93. The molecule has 0 aliphatic heterocycles. The molecule has 0 amide bonds. The lowest BCUT2D eigenvalue weighted by atomic mass is 10.5. The Balaban J connectivity index is 4.14. The molecular formula is C6H12N2O4P+. The fourth-order valence-corrected chi connectivity index (χ4v) is 2.09. The van der Waals surface area contributed by atoms with Crippen molar-refractivity contribution < 1.29 is 19.4 Å².